The minimum absolute atomic E-state index is 0.0353. The summed E-state index contributed by atoms with van der Waals surface area (Å²) in [5.41, 5.74) is 0.812. The Balaban J connectivity index is 1.57. The fourth-order valence-electron chi connectivity index (χ4n) is 2.37. The minimum Gasteiger partial charge on any atom is -0.494 e. The molecule has 1 aromatic heterocycles. The molecule has 0 unspecified atom stereocenters. The van der Waals surface area contributed by atoms with E-state index >= 15 is 0 Å². The average molecular weight is 390 g/mol. The third-order valence-corrected chi connectivity index (χ3v) is 3.98. The number of hydrogen-bond acceptors (Lipinski definition) is 5. The van der Waals surface area contributed by atoms with E-state index in [2.05, 4.69) is 15.5 Å². The standard InChI is InChI=1S/C19H17ClFN3O3/c1-2-26-13-8-6-12(7-9-13)19-23-17(27-24-19)11-10-16(25)22-15-5-3-4-14(20)18(15)21/h3-9H,2,10-11H2,1H3,(H,22,25). The number of halogens is 2. The van der Waals surface area contributed by atoms with Crippen LogP contribution in [0.5, 0.6) is 5.75 Å². The largest absolute Gasteiger partial charge is 0.494 e. The van der Waals surface area contributed by atoms with Crippen molar-refractivity contribution in [3.05, 3.63) is 59.2 Å². The van der Waals surface area contributed by atoms with Crippen molar-refractivity contribution in [2.24, 2.45) is 0 Å². The molecule has 0 aliphatic rings. The first-order valence-electron chi connectivity index (χ1n) is 8.36. The molecule has 0 fully saturated rings. The van der Waals surface area contributed by atoms with Gasteiger partial charge in [-0.25, -0.2) is 4.39 Å². The van der Waals surface area contributed by atoms with Crippen LogP contribution in [0.2, 0.25) is 5.02 Å². The van der Waals surface area contributed by atoms with Crippen LogP contribution in [0.15, 0.2) is 47.0 Å². The molecule has 0 saturated heterocycles. The van der Waals surface area contributed by atoms with E-state index in [0.29, 0.717) is 18.3 Å². The first-order chi connectivity index (χ1) is 13.1. The molecule has 27 heavy (non-hydrogen) atoms. The fourth-order valence-corrected chi connectivity index (χ4v) is 2.55. The Labute approximate surface area is 160 Å². The number of amides is 1. The summed E-state index contributed by atoms with van der Waals surface area (Å²) < 4.78 is 24.4. The molecule has 1 heterocycles. The highest BCUT2D eigenvalue weighted by molar-refractivity contribution is 6.31. The third-order valence-electron chi connectivity index (χ3n) is 3.68. The molecule has 6 nitrogen and oxygen atoms in total. The Morgan fingerprint density at radius 1 is 1.26 bits per heavy atom. The van der Waals surface area contributed by atoms with E-state index in [1.54, 1.807) is 6.07 Å². The molecular weight excluding hydrogens is 373 g/mol. The normalized spacial score (nSPS) is 10.6. The summed E-state index contributed by atoms with van der Waals surface area (Å²) in [6, 6.07) is 11.7. The second-order valence-corrected chi connectivity index (χ2v) is 6.03. The Hall–Kier alpha value is -2.93. The van der Waals surface area contributed by atoms with E-state index in [-0.39, 0.29) is 29.5 Å². The lowest BCUT2D eigenvalue weighted by atomic mass is 10.2. The summed E-state index contributed by atoms with van der Waals surface area (Å²) in [5.74, 6) is 0.463. The van der Waals surface area contributed by atoms with E-state index in [4.69, 9.17) is 20.9 Å². The van der Waals surface area contributed by atoms with Gasteiger partial charge in [-0.3, -0.25) is 4.79 Å². The van der Waals surface area contributed by atoms with Gasteiger partial charge in [-0.15, -0.1) is 0 Å². The van der Waals surface area contributed by atoms with Crippen LogP contribution >= 0.6 is 11.6 Å². The molecule has 140 valence electrons. The van der Waals surface area contributed by atoms with Crippen LogP contribution in [0.3, 0.4) is 0 Å². The highest BCUT2D eigenvalue weighted by Crippen LogP contribution is 2.23. The van der Waals surface area contributed by atoms with Crippen molar-refractivity contribution in [1.29, 1.82) is 0 Å². The van der Waals surface area contributed by atoms with Gasteiger partial charge in [0.15, 0.2) is 5.82 Å². The van der Waals surface area contributed by atoms with Crippen molar-refractivity contribution in [3.8, 4) is 17.1 Å². The number of carbonyl (C=O) groups is 1. The lowest BCUT2D eigenvalue weighted by Gasteiger charge is -2.06. The molecule has 8 heteroatoms. The third kappa shape index (κ3) is 4.83. The topological polar surface area (TPSA) is 77.2 Å². The van der Waals surface area contributed by atoms with Crippen molar-refractivity contribution in [2.75, 3.05) is 11.9 Å². The van der Waals surface area contributed by atoms with Gasteiger partial charge in [0.25, 0.3) is 0 Å². The number of aromatic nitrogens is 2. The molecular formula is C19H17ClFN3O3. The molecule has 3 rings (SSSR count). The lowest BCUT2D eigenvalue weighted by Crippen LogP contribution is -2.13. The number of aryl methyl sites for hydroxylation is 1. The first-order valence-corrected chi connectivity index (χ1v) is 8.74. The van der Waals surface area contributed by atoms with Gasteiger partial charge in [0.1, 0.15) is 5.75 Å². The Bertz CT molecular complexity index is 928. The van der Waals surface area contributed by atoms with E-state index in [9.17, 15) is 9.18 Å². The first kappa shape index (κ1) is 18.8. The molecule has 1 amide bonds. The molecule has 0 saturated carbocycles. The number of nitrogens with zero attached hydrogens (tertiary/aromatic N) is 2. The SMILES string of the molecule is CCOc1ccc(-c2noc(CCC(=O)Nc3cccc(Cl)c3F)n2)cc1. The van der Waals surface area contributed by atoms with Gasteiger partial charge in [0.05, 0.1) is 17.3 Å². The monoisotopic (exact) mass is 389 g/mol. The molecule has 0 aliphatic carbocycles. The molecule has 0 radical (unpaired) electrons. The number of anilines is 1. The molecule has 3 aromatic rings. The van der Waals surface area contributed by atoms with Gasteiger partial charge in [-0.2, -0.15) is 4.98 Å². The van der Waals surface area contributed by atoms with Crippen LogP contribution in [0.1, 0.15) is 19.2 Å². The maximum atomic E-state index is 13.8. The zero-order chi connectivity index (χ0) is 19.2. The fraction of sp³-hybridized carbons (Fsp3) is 0.211. The van der Waals surface area contributed by atoms with E-state index in [1.807, 2.05) is 31.2 Å². The van der Waals surface area contributed by atoms with Crippen LogP contribution in [0.25, 0.3) is 11.4 Å². The summed E-state index contributed by atoms with van der Waals surface area (Å²) in [6.07, 6.45) is 0.301. The predicted octanol–water partition coefficient (Wildman–Crippen LogP) is 4.50. The van der Waals surface area contributed by atoms with Gasteiger partial charge in [-0.05, 0) is 43.3 Å². The number of ether oxygens (including phenoxy) is 1. The van der Waals surface area contributed by atoms with Crippen LogP contribution in [-0.2, 0) is 11.2 Å². The maximum absolute atomic E-state index is 13.8. The van der Waals surface area contributed by atoms with E-state index in [1.165, 1.54) is 12.1 Å². The predicted molar refractivity (Wildman–Crippen MR) is 99.3 cm³/mol. The summed E-state index contributed by atoms with van der Waals surface area (Å²) in [4.78, 5) is 16.3. The highest BCUT2D eigenvalue weighted by atomic mass is 35.5. The van der Waals surface area contributed by atoms with E-state index in [0.717, 1.165) is 11.3 Å². The van der Waals surface area contributed by atoms with Gasteiger partial charge in [0.2, 0.25) is 17.6 Å². The van der Waals surface area contributed by atoms with Crippen LogP contribution < -0.4 is 10.1 Å². The van der Waals surface area contributed by atoms with Gasteiger partial charge < -0.3 is 14.6 Å². The van der Waals surface area contributed by atoms with Crippen molar-refractivity contribution in [1.82, 2.24) is 10.1 Å². The van der Waals surface area contributed by atoms with Crippen LogP contribution in [-0.4, -0.2) is 22.7 Å². The van der Waals surface area contributed by atoms with Gasteiger partial charge in [-0.1, -0.05) is 22.8 Å². The number of benzene rings is 2. The van der Waals surface area contributed by atoms with Gasteiger partial charge >= 0.3 is 0 Å². The minimum atomic E-state index is -0.664. The molecule has 0 spiro atoms. The summed E-state index contributed by atoms with van der Waals surface area (Å²) in [5, 5.41) is 6.34. The van der Waals surface area contributed by atoms with Crippen molar-refractivity contribution >= 4 is 23.2 Å². The lowest BCUT2D eigenvalue weighted by molar-refractivity contribution is -0.116. The molecule has 2 aromatic carbocycles. The summed E-state index contributed by atoms with van der Waals surface area (Å²) in [7, 11) is 0. The van der Waals surface area contributed by atoms with Crippen LogP contribution in [0, 0.1) is 5.82 Å². The van der Waals surface area contributed by atoms with Crippen molar-refractivity contribution in [2.45, 2.75) is 19.8 Å². The van der Waals surface area contributed by atoms with Crippen LogP contribution in [0.4, 0.5) is 10.1 Å². The Morgan fingerprint density at radius 2 is 2.04 bits per heavy atom. The molecule has 0 atom stereocenters. The smallest absolute Gasteiger partial charge is 0.227 e. The van der Waals surface area contributed by atoms with E-state index < -0.39 is 5.82 Å². The maximum Gasteiger partial charge on any atom is 0.227 e. The number of carbonyl (C=O) groups excluding carboxylic acids is 1. The second-order valence-electron chi connectivity index (χ2n) is 5.62. The number of rotatable bonds is 7. The number of hydrogen-bond donors (Lipinski definition) is 1. The summed E-state index contributed by atoms with van der Waals surface area (Å²) >= 11 is 5.69. The molecule has 0 bridgehead atoms. The Morgan fingerprint density at radius 3 is 2.78 bits per heavy atom. The zero-order valence-electron chi connectivity index (χ0n) is 14.5. The average Bonchev–Trinajstić information content (AvgIpc) is 3.14. The highest BCUT2D eigenvalue weighted by Gasteiger charge is 2.13. The molecule has 1 N–H and O–H groups in total. The van der Waals surface area contributed by atoms with Crippen molar-refractivity contribution < 1.29 is 18.4 Å². The Kier molecular flexibility index (Phi) is 6.03. The zero-order valence-corrected chi connectivity index (χ0v) is 15.3. The van der Waals surface area contributed by atoms with Crippen molar-refractivity contribution in [3.63, 3.8) is 0 Å². The quantitative estimate of drug-likeness (QED) is 0.643. The van der Waals surface area contributed by atoms with Gasteiger partial charge in [0, 0.05) is 18.4 Å². The molecule has 0 aliphatic heterocycles. The summed E-state index contributed by atoms with van der Waals surface area (Å²) in [6.45, 7) is 2.50. The number of nitrogens with one attached hydrogen (secondary N) is 1. The second kappa shape index (κ2) is 8.64.